The smallest absolute Gasteiger partial charge is 0.219 e. The number of carbonyl (C=O) groups is 2. The van der Waals surface area contributed by atoms with Crippen LogP contribution in [0.4, 0.5) is 5.69 Å². The Morgan fingerprint density at radius 1 is 0.712 bits per heavy atom. The van der Waals surface area contributed by atoms with Crippen molar-refractivity contribution in [3.63, 3.8) is 0 Å². The van der Waals surface area contributed by atoms with Gasteiger partial charge in [0.1, 0.15) is 6.04 Å². The van der Waals surface area contributed by atoms with Crippen molar-refractivity contribution < 1.29 is 9.59 Å². The zero-order chi connectivity index (χ0) is 36.3. The number of rotatable bonds is 9. The van der Waals surface area contributed by atoms with Crippen molar-refractivity contribution in [1.82, 2.24) is 9.88 Å². The Labute approximate surface area is 303 Å². The van der Waals surface area contributed by atoms with Crippen LogP contribution >= 0.6 is 0 Å². The average Bonchev–Trinajstić information content (AvgIpc) is 3.77. The van der Waals surface area contributed by atoms with Gasteiger partial charge in [0.05, 0.1) is 18.2 Å². The lowest BCUT2D eigenvalue weighted by Crippen LogP contribution is -2.53. The largest absolute Gasteiger partial charge is 0.346 e. The van der Waals surface area contributed by atoms with E-state index >= 15 is 0 Å². The van der Waals surface area contributed by atoms with Gasteiger partial charge in [-0.1, -0.05) is 127 Å². The molecule has 7 aromatic rings. The maximum Gasteiger partial charge on any atom is 0.219 e. The van der Waals surface area contributed by atoms with Gasteiger partial charge in [-0.05, 0) is 65.9 Å². The van der Waals surface area contributed by atoms with E-state index in [0.29, 0.717) is 13.0 Å². The molecule has 52 heavy (non-hydrogen) atoms. The van der Waals surface area contributed by atoms with Crippen molar-refractivity contribution in [2.45, 2.75) is 37.0 Å². The molecule has 7 nitrogen and oxygen atoms in total. The first-order valence-corrected chi connectivity index (χ1v) is 17.4. The second-order valence-corrected chi connectivity index (χ2v) is 13.7. The van der Waals surface area contributed by atoms with Crippen molar-refractivity contribution in [3.8, 4) is 0 Å². The molecule has 0 spiro atoms. The molecule has 1 aliphatic rings. The predicted octanol–water partition coefficient (Wildman–Crippen LogP) is 7.19. The lowest BCUT2D eigenvalue weighted by molar-refractivity contribution is -0.131. The van der Waals surface area contributed by atoms with Crippen LogP contribution in [0.3, 0.4) is 0 Å². The van der Waals surface area contributed by atoms with Crippen molar-refractivity contribution in [2.75, 3.05) is 11.6 Å². The molecule has 0 amide bonds. The maximum atomic E-state index is 13.2. The average molecular weight is 685 g/mol. The van der Waals surface area contributed by atoms with E-state index in [1.165, 1.54) is 0 Å². The normalized spacial score (nSPS) is 16.3. The molecule has 2 atom stereocenters. The zero-order valence-corrected chi connectivity index (χ0v) is 29.2. The lowest BCUT2D eigenvalue weighted by Gasteiger charge is -2.37. The third-order valence-corrected chi connectivity index (χ3v) is 10.4. The Morgan fingerprint density at radius 2 is 1.15 bits per heavy atom. The molecule has 7 heteroatoms. The number of pyridine rings is 1. The fourth-order valence-corrected chi connectivity index (χ4v) is 7.75. The number of Topliss-reactive ketones (excluding diaryl/α,β-unsaturated/α-hetero) is 1. The molecular formula is C45H40N4O3. The van der Waals surface area contributed by atoms with Crippen LogP contribution in [0.2, 0.25) is 0 Å². The Hall–Kier alpha value is -6.02. The summed E-state index contributed by atoms with van der Waals surface area (Å²) in [6, 6.07) is 50.5. The van der Waals surface area contributed by atoms with E-state index in [9.17, 15) is 14.4 Å². The molecule has 0 bridgehead atoms. The number of nitrogens with two attached hydrogens (primary N) is 1. The van der Waals surface area contributed by atoms with Gasteiger partial charge in [-0.25, -0.2) is 0 Å². The quantitative estimate of drug-likeness (QED) is 0.0977. The summed E-state index contributed by atoms with van der Waals surface area (Å²) in [5.41, 5.74) is 11.9. The summed E-state index contributed by atoms with van der Waals surface area (Å²) < 4.78 is 0. The number of benzene rings is 5. The molecule has 2 N–H and O–H groups in total. The first kappa shape index (κ1) is 34.4. The highest BCUT2D eigenvalue weighted by atomic mass is 16.2. The Kier molecular flexibility index (Phi) is 9.47. The van der Waals surface area contributed by atoms with E-state index in [1.807, 2.05) is 73.3 Å². The van der Waals surface area contributed by atoms with Gasteiger partial charge in [0.25, 0.3) is 0 Å². The highest BCUT2D eigenvalue weighted by Gasteiger charge is 2.52. The summed E-state index contributed by atoms with van der Waals surface area (Å²) in [6.45, 7) is 4.32. The van der Waals surface area contributed by atoms with Gasteiger partial charge >= 0.3 is 0 Å². The molecule has 2 heterocycles. The van der Waals surface area contributed by atoms with Crippen LogP contribution < -0.4 is 16.1 Å². The first-order valence-electron chi connectivity index (χ1n) is 17.4. The van der Waals surface area contributed by atoms with Gasteiger partial charge in [0.2, 0.25) is 5.78 Å². The standard InChI is InChI=1S/C38H36N4O2.C7H4O/c1-37(2)35(34(44)26-43)41(27-42(37)36(39)28-22-24-40-25-23-28)33-20-18-32(19-21-33)38(29-12-6-3-7-13-29,30-14-8-4-9-15-30)31-16-10-5-11-17-31;8-7-5-3-1-2-4-6(5)7/h3-26,35-36H,27,39H2,1-2H3;1-4H. The molecule has 258 valence electrons. The molecule has 0 saturated carbocycles. The van der Waals surface area contributed by atoms with E-state index in [-0.39, 0.29) is 5.43 Å². The first-order chi connectivity index (χ1) is 25.3. The number of anilines is 1. The number of hydrogen-bond acceptors (Lipinski definition) is 7. The van der Waals surface area contributed by atoms with Crippen LogP contribution in [0.15, 0.2) is 169 Å². The van der Waals surface area contributed by atoms with Crippen molar-refractivity contribution in [3.05, 3.63) is 202 Å². The minimum atomic E-state index is -0.721. The second kappa shape index (κ2) is 14.3. The van der Waals surface area contributed by atoms with Crippen molar-refractivity contribution in [2.24, 2.45) is 5.73 Å². The topological polar surface area (TPSA) is 96.6 Å². The fraction of sp³-hybridized carbons (Fsp3) is 0.156. The van der Waals surface area contributed by atoms with Crippen LogP contribution in [0.1, 0.15) is 47.8 Å². The zero-order valence-electron chi connectivity index (χ0n) is 29.2. The van der Waals surface area contributed by atoms with Crippen molar-refractivity contribution >= 4 is 28.5 Å². The van der Waals surface area contributed by atoms with Crippen LogP contribution in [-0.2, 0) is 15.0 Å². The molecule has 8 rings (SSSR count). The van der Waals surface area contributed by atoms with Crippen LogP contribution in [-0.4, -0.2) is 40.2 Å². The van der Waals surface area contributed by atoms with Gasteiger partial charge in [-0.15, -0.1) is 0 Å². The molecule has 1 aromatic heterocycles. The SMILES string of the molecule is CC1(C)C(C(=O)C=O)N(c2ccc(C(c3ccccc3)(c3ccccc3)c3ccccc3)cc2)CN1C(N)c1ccncc1.O=c1c2ccccc12. The monoisotopic (exact) mass is 684 g/mol. The fourth-order valence-electron chi connectivity index (χ4n) is 7.75. The van der Waals surface area contributed by atoms with Crippen LogP contribution in [0, 0.1) is 0 Å². The maximum absolute atomic E-state index is 13.2. The minimum Gasteiger partial charge on any atom is -0.346 e. The number of fused-ring (bicyclic) bond motifs is 1. The molecule has 1 saturated heterocycles. The second-order valence-electron chi connectivity index (χ2n) is 13.7. The van der Waals surface area contributed by atoms with Gasteiger partial charge in [-0.2, -0.15) is 0 Å². The molecular weight excluding hydrogens is 645 g/mol. The molecule has 1 aliphatic heterocycles. The van der Waals surface area contributed by atoms with Crippen LogP contribution in [0.25, 0.3) is 10.8 Å². The van der Waals surface area contributed by atoms with Gasteiger partial charge in [-0.3, -0.25) is 24.3 Å². The Balaban J connectivity index is 0.000000459. The highest BCUT2D eigenvalue weighted by Crippen LogP contribution is 2.46. The number of ketones is 1. The van der Waals surface area contributed by atoms with E-state index in [2.05, 4.69) is 107 Å². The highest BCUT2D eigenvalue weighted by molar-refractivity contribution is 6.29. The number of aromatic nitrogens is 1. The molecule has 0 aliphatic carbocycles. The number of nitrogens with zero attached hydrogens (tertiary/aromatic N) is 3. The Bertz CT molecular complexity index is 2150. The molecule has 6 aromatic carbocycles. The molecule has 0 radical (unpaired) electrons. The summed E-state index contributed by atoms with van der Waals surface area (Å²) in [6.07, 6.45) is 3.37. The van der Waals surface area contributed by atoms with Gasteiger partial charge in [0.15, 0.2) is 11.7 Å². The van der Waals surface area contributed by atoms with E-state index in [4.69, 9.17) is 5.73 Å². The summed E-state index contributed by atoms with van der Waals surface area (Å²) in [5, 5.41) is 1.79. The number of aldehydes is 1. The van der Waals surface area contributed by atoms with Gasteiger partial charge < -0.3 is 10.6 Å². The molecule has 1 fully saturated rings. The van der Waals surface area contributed by atoms with Crippen LogP contribution in [0.5, 0.6) is 0 Å². The summed E-state index contributed by atoms with van der Waals surface area (Å²) in [4.78, 5) is 43.9. The summed E-state index contributed by atoms with van der Waals surface area (Å²) >= 11 is 0. The van der Waals surface area contributed by atoms with Crippen molar-refractivity contribution in [1.29, 1.82) is 0 Å². The van der Waals surface area contributed by atoms with E-state index < -0.39 is 28.9 Å². The lowest BCUT2D eigenvalue weighted by atomic mass is 9.65. The van der Waals surface area contributed by atoms with E-state index in [1.54, 1.807) is 12.4 Å². The summed E-state index contributed by atoms with van der Waals surface area (Å²) in [5.74, 6) is -0.476. The predicted molar refractivity (Wildman–Crippen MR) is 207 cm³/mol. The number of hydrogen-bond donors (Lipinski definition) is 1. The minimum absolute atomic E-state index is 0.218. The Morgan fingerprint density at radius 3 is 1.60 bits per heavy atom. The third kappa shape index (κ3) is 6.15. The third-order valence-electron chi connectivity index (χ3n) is 10.4. The van der Waals surface area contributed by atoms with Gasteiger partial charge in [0, 0.05) is 34.4 Å². The number of carbonyl (C=O) groups excluding carboxylic acids is 2. The van der Waals surface area contributed by atoms with E-state index in [0.717, 1.165) is 44.3 Å². The summed E-state index contributed by atoms with van der Waals surface area (Å²) in [7, 11) is 0. The molecule has 2 unspecified atom stereocenters.